The molecule has 3 aromatic rings. The molecule has 2 aromatic carbocycles. The number of allylic oxidation sites excluding steroid dienone is 1. The van der Waals surface area contributed by atoms with Gasteiger partial charge in [0.15, 0.2) is 0 Å². The van der Waals surface area contributed by atoms with Crippen LogP contribution in [0.3, 0.4) is 0 Å². The predicted molar refractivity (Wildman–Crippen MR) is 139 cm³/mol. The second-order valence-electron chi connectivity index (χ2n) is 11.2. The Morgan fingerprint density at radius 2 is 1.63 bits per heavy atom. The molecule has 1 aromatic heterocycles. The highest BCUT2D eigenvalue weighted by Gasteiger charge is 2.38. The molecule has 0 N–H and O–H groups in total. The van der Waals surface area contributed by atoms with Crippen molar-refractivity contribution in [1.29, 1.82) is 0 Å². The third-order valence-corrected chi connectivity index (χ3v) is 7.38. The Kier molecular flexibility index (Phi) is 6.54. The van der Waals surface area contributed by atoms with E-state index in [0.29, 0.717) is 29.5 Å². The maximum atomic E-state index is 15.1. The van der Waals surface area contributed by atoms with Crippen LogP contribution in [0.15, 0.2) is 48.5 Å². The quantitative estimate of drug-likeness (QED) is 0.373. The summed E-state index contributed by atoms with van der Waals surface area (Å²) in [6.45, 7) is 10.00. The van der Waals surface area contributed by atoms with E-state index in [4.69, 9.17) is 21.1 Å². The van der Waals surface area contributed by atoms with Crippen LogP contribution in [0.2, 0.25) is 5.02 Å². The molecule has 0 saturated carbocycles. The lowest BCUT2D eigenvalue weighted by molar-refractivity contribution is -0.166. The van der Waals surface area contributed by atoms with Gasteiger partial charge in [0, 0.05) is 18.2 Å². The molecule has 0 spiro atoms. The Hall–Kier alpha value is -2.21. The number of aromatic nitrogens is 2. The minimum atomic E-state index is -0.419. The molecule has 6 heteroatoms. The van der Waals surface area contributed by atoms with E-state index in [1.165, 1.54) is 0 Å². The molecular weight excluding hydrogens is 463 g/mol. The van der Waals surface area contributed by atoms with Crippen LogP contribution in [-0.2, 0) is 9.47 Å². The van der Waals surface area contributed by atoms with E-state index in [2.05, 4.69) is 44.9 Å². The van der Waals surface area contributed by atoms with E-state index in [1.807, 2.05) is 41.1 Å². The minimum Gasteiger partial charge on any atom is -0.381 e. The van der Waals surface area contributed by atoms with Crippen LogP contribution in [0.4, 0.5) is 4.39 Å². The molecule has 2 aliphatic heterocycles. The van der Waals surface area contributed by atoms with E-state index in [-0.39, 0.29) is 17.2 Å². The molecule has 0 atom stereocenters. The van der Waals surface area contributed by atoms with Gasteiger partial charge in [-0.15, -0.1) is 5.10 Å². The Morgan fingerprint density at radius 3 is 2.29 bits per heavy atom. The normalized spacial score (nSPS) is 21.5. The van der Waals surface area contributed by atoms with Gasteiger partial charge in [0.2, 0.25) is 5.95 Å². The zero-order valence-corrected chi connectivity index (χ0v) is 21.7. The van der Waals surface area contributed by atoms with Crippen LogP contribution >= 0.6 is 11.6 Å². The molecule has 0 amide bonds. The van der Waals surface area contributed by atoms with E-state index in [1.54, 1.807) is 0 Å². The van der Waals surface area contributed by atoms with Gasteiger partial charge in [0.05, 0.1) is 28.1 Å². The molecular formula is C29H34ClFN2O2. The fraction of sp³-hybridized carbons (Fsp3) is 0.483. The number of rotatable bonds is 4. The number of halogens is 2. The van der Waals surface area contributed by atoms with Crippen LogP contribution in [0.1, 0.15) is 70.5 Å². The standard InChI is InChI=1S/C29H34ClFN2O2/c1-28(2)17-19(18-29(3,4)35-28)15-24(20-5-8-22(30)9-6-20)21-7-10-26-25(16-21)27(31)32-33(26)23-11-13-34-14-12-23/h5-10,15-16,19,23H,11-14,17-18H2,1-4H3. The Morgan fingerprint density at radius 1 is 1.00 bits per heavy atom. The third kappa shape index (κ3) is 5.32. The Bertz CT molecular complexity index is 1220. The van der Waals surface area contributed by atoms with Gasteiger partial charge in [-0.05, 0) is 100 Å². The van der Waals surface area contributed by atoms with Gasteiger partial charge < -0.3 is 9.47 Å². The van der Waals surface area contributed by atoms with Crippen molar-refractivity contribution in [3.8, 4) is 0 Å². The summed E-state index contributed by atoms with van der Waals surface area (Å²) in [5, 5.41) is 5.54. The SMILES string of the molecule is CC1(C)CC(C=C(c2ccc(Cl)cc2)c2ccc3c(c2)c(F)nn3C2CCOCC2)CC(C)(C)O1. The van der Waals surface area contributed by atoms with Crippen LogP contribution < -0.4 is 0 Å². The number of hydrogen-bond acceptors (Lipinski definition) is 3. The number of benzene rings is 2. The number of fused-ring (bicyclic) bond motifs is 1. The summed E-state index contributed by atoms with van der Waals surface area (Å²) < 4.78 is 28.8. The highest BCUT2D eigenvalue weighted by molar-refractivity contribution is 6.30. The van der Waals surface area contributed by atoms with E-state index < -0.39 is 5.95 Å². The van der Waals surface area contributed by atoms with Crippen molar-refractivity contribution >= 4 is 28.1 Å². The maximum Gasteiger partial charge on any atom is 0.240 e. The summed E-state index contributed by atoms with van der Waals surface area (Å²) in [7, 11) is 0. The van der Waals surface area contributed by atoms with Gasteiger partial charge in [-0.1, -0.05) is 35.9 Å². The number of nitrogens with zero attached hydrogens (tertiary/aromatic N) is 2. The molecule has 2 fully saturated rings. The largest absolute Gasteiger partial charge is 0.381 e. The van der Waals surface area contributed by atoms with Gasteiger partial charge in [-0.2, -0.15) is 4.39 Å². The molecule has 2 aliphatic rings. The summed E-state index contributed by atoms with van der Waals surface area (Å²) in [6.07, 6.45) is 5.89. The van der Waals surface area contributed by atoms with Crippen LogP contribution in [0.5, 0.6) is 0 Å². The van der Waals surface area contributed by atoms with Crippen molar-refractivity contribution in [2.24, 2.45) is 5.92 Å². The average Bonchev–Trinajstić information content (AvgIpc) is 3.13. The summed E-state index contributed by atoms with van der Waals surface area (Å²) in [6, 6.07) is 14.1. The van der Waals surface area contributed by atoms with E-state index in [9.17, 15) is 0 Å². The maximum absolute atomic E-state index is 15.1. The van der Waals surface area contributed by atoms with Gasteiger partial charge in [0.1, 0.15) is 0 Å². The summed E-state index contributed by atoms with van der Waals surface area (Å²) >= 11 is 6.20. The molecule has 35 heavy (non-hydrogen) atoms. The Labute approximate surface area is 212 Å². The Balaban J connectivity index is 1.58. The van der Waals surface area contributed by atoms with Crippen LogP contribution in [0, 0.1) is 11.9 Å². The van der Waals surface area contributed by atoms with Crippen molar-refractivity contribution in [2.45, 2.75) is 70.6 Å². The molecule has 186 valence electrons. The van der Waals surface area contributed by atoms with Gasteiger partial charge in [-0.25, -0.2) is 0 Å². The molecule has 5 rings (SSSR count). The monoisotopic (exact) mass is 496 g/mol. The topological polar surface area (TPSA) is 36.3 Å². The van der Waals surface area contributed by atoms with Crippen molar-refractivity contribution in [2.75, 3.05) is 13.2 Å². The van der Waals surface area contributed by atoms with Crippen molar-refractivity contribution in [3.05, 3.63) is 70.6 Å². The summed E-state index contributed by atoms with van der Waals surface area (Å²) in [4.78, 5) is 0. The molecule has 0 bridgehead atoms. The van der Waals surface area contributed by atoms with Gasteiger partial charge >= 0.3 is 0 Å². The summed E-state index contributed by atoms with van der Waals surface area (Å²) in [5.74, 6) is -0.0953. The second kappa shape index (κ2) is 9.34. The smallest absolute Gasteiger partial charge is 0.240 e. The molecule has 3 heterocycles. The van der Waals surface area contributed by atoms with Gasteiger partial charge in [0.25, 0.3) is 0 Å². The fourth-order valence-corrected chi connectivity index (χ4v) is 6.11. The molecule has 0 radical (unpaired) electrons. The number of ether oxygens (including phenoxy) is 2. The minimum absolute atomic E-state index is 0.166. The first kappa shape index (κ1) is 24.5. The summed E-state index contributed by atoms with van der Waals surface area (Å²) in [5.41, 5.74) is 3.53. The molecule has 2 saturated heterocycles. The van der Waals surface area contributed by atoms with Crippen molar-refractivity contribution in [1.82, 2.24) is 9.78 Å². The lowest BCUT2D eigenvalue weighted by Crippen LogP contribution is -2.44. The van der Waals surface area contributed by atoms with E-state index in [0.717, 1.165) is 47.9 Å². The first-order chi connectivity index (χ1) is 16.6. The first-order valence-corrected chi connectivity index (χ1v) is 12.9. The predicted octanol–water partition coefficient (Wildman–Crippen LogP) is 7.60. The first-order valence-electron chi connectivity index (χ1n) is 12.5. The van der Waals surface area contributed by atoms with E-state index >= 15 is 4.39 Å². The molecule has 4 nitrogen and oxygen atoms in total. The second-order valence-corrected chi connectivity index (χ2v) is 11.6. The lowest BCUT2D eigenvalue weighted by atomic mass is 9.79. The highest BCUT2D eigenvalue weighted by atomic mass is 35.5. The van der Waals surface area contributed by atoms with Gasteiger partial charge in [-0.3, -0.25) is 4.68 Å². The zero-order chi connectivity index (χ0) is 24.8. The third-order valence-electron chi connectivity index (χ3n) is 7.13. The highest BCUT2D eigenvalue weighted by Crippen LogP contribution is 2.41. The molecule has 0 aliphatic carbocycles. The average molecular weight is 497 g/mol. The van der Waals surface area contributed by atoms with Crippen molar-refractivity contribution < 1.29 is 13.9 Å². The van der Waals surface area contributed by atoms with Crippen molar-refractivity contribution in [3.63, 3.8) is 0 Å². The zero-order valence-electron chi connectivity index (χ0n) is 21.0. The lowest BCUT2D eigenvalue weighted by Gasteiger charge is -2.45. The molecule has 0 unspecified atom stereocenters. The van der Waals surface area contributed by atoms with Crippen LogP contribution in [0.25, 0.3) is 16.5 Å². The number of hydrogen-bond donors (Lipinski definition) is 0. The van der Waals surface area contributed by atoms with Crippen LogP contribution in [-0.4, -0.2) is 34.2 Å². The fourth-order valence-electron chi connectivity index (χ4n) is 5.99.